The second-order valence-electron chi connectivity index (χ2n) is 5.88. The summed E-state index contributed by atoms with van der Waals surface area (Å²) in [5.41, 5.74) is 0.755. The van der Waals surface area contributed by atoms with E-state index in [1.165, 1.54) is 4.90 Å². The molecular formula is C22H17NO2S. The lowest BCUT2D eigenvalue weighted by molar-refractivity contribution is 0.0995. The first-order valence-corrected chi connectivity index (χ1v) is 9.33. The first-order chi connectivity index (χ1) is 12.8. The van der Waals surface area contributed by atoms with E-state index >= 15 is 0 Å². The summed E-state index contributed by atoms with van der Waals surface area (Å²) in [5.74, 6) is 1.55. The van der Waals surface area contributed by atoms with E-state index < -0.39 is 0 Å². The number of anilines is 1. The minimum Gasteiger partial charge on any atom is -0.455 e. The average Bonchev–Trinajstić information content (AvgIpc) is 3.16. The van der Waals surface area contributed by atoms with Gasteiger partial charge in [-0.05, 0) is 47.2 Å². The van der Waals surface area contributed by atoms with Gasteiger partial charge in [-0.3, -0.25) is 4.79 Å². The molecule has 0 aliphatic heterocycles. The zero-order valence-electron chi connectivity index (χ0n) is 14.0. The minimum absolute atomic E-state index is 0.240. The second kappa shape index (κ2) is 7.50. The third-order valence-corrected chi connectivity index (χ3v) is 5.05. The molecule has 4 rings (SSSR count). The van der Waals surface area contributed by atoms with Gasteiger partial charge in [-0.25, -0.2) is 0 Å². The summed E-state index contributed by atoms with van der Waals surface area (Å²) in [6, 6.07) is 27.6. The maximum atomic E-state index is 12.4. The van der Waals surface area contributed by atoms with Crippen molar-refractivity contribution in [3.63, 3.8) is 0 Å². The largest absolute Gasteiger partial charge is 0.455 e. The molecule has 3 aromatic carbocycles. The van der Waals surface area contributed by atoms with Crippen molar-refractivity contribution in [2.24, 2.45) is 0 Å². The molecule has 4 aromatic rings. The molecular weight excluding hydrogens is 342 g/mol. The summed E-state index contributed by atoms with van der Waals surface area (Å²) in [6.07, 6.45) is 0. The van der Waals surface area contributed by atoms with E-state index in [2.05, 4.69) is 17.4 Å². The van der Waals surface area contributed by atoms with Crippen molar-refractivity contribution in [1.82, 2.24) is 0 Å². The summed E-state index contributed by atoms with van der Waals surface area (Å²) in [7, 11) is 0. The van der Waals surface area contributed by atoms with Crippen LogP contribution >= 0.6 is 11.8 Å². The van der Waals surface area contributed by atoms with Crippen molar-refractivity contribution in [2.75, 3.05) is 5.32 Å². The monoisotopic (exact) mass is 359 g/mol. The van der Waals surface area contributed by atoms with Crippen molar-refractivity contribution >= 4 is 34.1 Å². The number of furan rings is 1. The number of hydrogen-bond donors (Lipinski definition) is 1. The lowest BCUT2D eigenvalue weighted by atomic mass is 10.1. The first-order valence-electron chi connectivity index (χ1n) is 8.35. The molecule has 0 unspecified atom stereocenters. The zero-order chi connectivity index (χ0) is 17.8. The minimum atomic E-state index is -0.240. The van der Waals surface area contributed by atoms with Crippen LogP contribution in [0.2, 0.25) is 0 Å². The average molecular weight is 359 g/mol. The van der Waals surface area contributed by atoms with Gasteiger partial charge in [0.25, 0.3) is 5.91 Å². The van der Waals surface area contributed by atoms with Gasteiger partial charge in [0.2, 0.25) is 0 Å². The highest BCUT2D eigenvalue weighted by Gasteiger charge is 2.12. The van der Waals surface area contributed by atoms with Crippen LogP contribution in [-0.4, -0.2) is 5.91 Å². The van der Waals surface area contributed by atoms with Gasteiger partial charge in [0.05, 0.1) is 5.75 Å². The molecule has 26 heavy (non-hydrogen) atoms. The number of benzene rings is 3. The predicted octanol–water partition coefficient (Wildman–Crippen LogP) is 5.98. The first kappa shape index (κ1) is 16.5. The Kier molecular flexibility index (Phi) is 4.75. The van der Waals surface area contributed by atoms with Crippen molar-refractivity contribution in [1.29, 1.82) is 0 Å². The molecule has 1 amide bonds. The Bertz CT molecular complexity index is 1040. The van der Waals surface area contributed by atoms with Gasteiger partial charge in [-0.1, -0.05) is 48.5 Å². The molecule has 0 saturated carbocycles. The van der Waals surface area contributed by atoms with Crippen LogP contribution in [0.4, 0.5) is 5.69 Å². The summed E-state index contributed by atoms with van der Waals surface area (Å²) in [4.78, 5) is 13.6. The molecule has 0 fully saturated rings. The number of nitrogens with one attached hydrogen (secondary N) is 1. The van der Waals surface area contributed by atoms with E-state index in [-0.39, 0.29) is 5.91 Å². The van der Waals surface area contributed by atoms with Crippen molar-refractivity contribution in [3.05, 3.63) is 96.4 Å². The van der Waals surface area contributed by atoms with E-state index in [0.29, 0.717) is 11.5 Å². The quantitative estimate of drug-likeness (QED) is 0.446. The van der Waals surface area contributed by atoms with Crippen molar-refractivity contribution < 1.29 is 9.21 Å². The van der Waals surface area contributed by atoms with Crippen LogP contribution < -0.4 is 5.32 Å². The molecule has 1 aromatic heterocycles. The Hall–Kier alpha value is -2.98. The highest BCUT2D eigenvalue weighted by atomic mass is 32.2. The van der Waals surface area contributed by atoms with E-state index in [0.717, 1.165) is 22.2 Å². The Balaban J connectivity index is 1.42. The number of rotatable bonds is 5. The van der Waals surface area contributed by atoms with Crippen LogP contribution in [0, 0.1) is 0 Å². The molecule has 0 aliphatic carbocycles. The molecule has 4 heteroatoms. The Morgan fingerprint density at radius 3 is 2.46 bits per heavy atom. The molecule has 0 spiro atoms. The van der Waals surface area contributed by atoms with Crippen LogP contribution in [-0.2, 0) is 5.75 Å². The molecule has 0 bridgehead atoms. The van der Waals surface area contributed by atoms with E-state index in [4.69, 9.17) is 4.42 Å². The van der Waals surface area contributed by atoms with Gasteiger partial charge in [0, 0.05) is 10.6 Å². The summed E-state index contributed by atoms with van der Waals surface area (Å²) in [5, 5.41) is 5.13. The van der Waals surface area contributed by atoms with Gasteiger partial charge in [-0.15, -0.1) is 11.8 Å². The fourth-order valence-electron chi connectivity index (χ4n) is 2.71. The molecule has 0 aliphatic rings. The number of hydrogen-bond acceptors (Lipinski definition) is 3. The van der Waals surface area contributed by atoms with Crippen LogP contribution in [0.3, 0.4) is 0 Å². The molecule has 1 heterocycles. The number of amides is 1. The van der Waals surface area contributed by atoms with Crippen molar-refractivity contribution in [3.8, 4) is 0 Å². The molecule has 3 nitrogen and oxygen atoms in total. The normalized spacial score (nSPS) is 10.8. The van der Waals surface area contributed by atoms with Gasteiger partial charge < -0.3 is 9.73 Å². The third-order valence-electron chi connectivity index (χ3n) is 4.02. The molecule has 0 saturated heterocycles. The Labute approximate surface area is 156 Å². The Morgan fingerprint density at radius 2 is 1.62 bits per heavy atom. The second-order valence-corrected chi connectivity index (χ2v) is 6.93. The SMILES string of the molecule is O=C(Nc1ccc2ccccc2c1)c1ccc(CSc2ccccc2)o1. The van der Waals surface area contributed by atoms with E-state index in [1.54, 1.807) is 17.8 Å². The smallest absolute Gasteiger partial charge is 0.291 e. The highest BCUT2D eigenvalue weighted by Crippen LogP contribution is 2.24. The molecule has 128 valence electrons. The summed E-state index contributed by atoms with van der Waals surface area (Å²) >= 11 is 1.68. The number of carbonyl (C=O) groups excluding carboxylic acids is 1. The van der Waals surface area contributed by atoms with Gasteiger partial charge in [0.1, 0.15) is 5.76 Å². The summed E-state index contributed by atoms with van der Waals surface area (Å²) < 4.78 is 5.69. The van der Waals surface area contributed by atoms with E-state index in [9.17, 15) is 4.79 Å². The lowest BCUT2D eigenvalue weighted by Gasteiger charge is -2.05. The summed E-state index contributed by atoms with van der Waals surface area (Å²) in [6.45, 7) is 0. The molecule has 0 atom stereocenters. The number of carbonyl (C=O) groups is 1. The third kappa shape index (κ3) is 3.81. The molecule has 0 radical (unpaired) electrons. The van der Waals surface area contributed by atoms with Crippen LogP contribution in [0.25, 0.3) is 10.8 Å². The standard InChI is InChI=1S/C22H17NO2S/c24-22(23-18-11-10-16-6-4-5-7-17(16)14-18)21-13-12-19(25-21)15-26-20-8-2-1-3-9-20/h1-14H,15H2,(H,23,24). The van der Waals surface area contributed by atoms with Gasteiger partial charge in [-0.2, -0.15) is 0 Å². The number of thioether (sulfide) groups is 1. The van der Waals surface area contributed by atoms with Crippen molar-refractivity contribution in [2.45, 2.75) is 10.6 Å². The highest BCUT2D eigenvalue weighted by molar-refractivity contribution is 7.98. The maximum absolute atomic E-state index is 12.4. The van der Waals surface area contributed by atoms with E-state index in [1.807, 2.05) is 66.7 Å². The zero-order valence-corrected chi connectivity index (χ0v) is 14.8. The van der Waals surface area contributed by atoms with Crippen LogP contribution in [0.15, 0.2) is 94.2 Å². The predicted molar refractivity (Wildman–Crippen MR) is 107 cm³/mol. The Morgan fingerprint density at radius 1 is 0.846 bits per heavy atom. The van der Waals surface area contributed by atoms with Gasteiger partial charge in [0.15, 0.2) is 5.76 Å². The molecule has 1 N–H and O–H groups in total. The van der Waals surface area contributed by atoms with Crippen LogP contribution in [0.5, 0.6) is 0 Å². The fourth-order valence-corrected chi connectivity index (χ4v) is 3.52. The van der Waals surface area contributed by atoms with Crippen LogP contribution in [0.1, 0.15) is 16.3 Å². The maximum Gasteiger partial charge on any atom is 0.291 e. The van der Waals surface area contributed by atoms with Gasteiger partial charge >= 0.3 is 0 Å². The fraction of sp³-hybridized carbons (Fsp3) is 0.0455. The lowest BCUT2D eigenvalue weighted by Crippen LogP contribution is -2.10. The topological polar surface area (TPSA) is 42.2 Å². The number of fused-ring (bicyclic) bond motifs is 1.